The molecule has 0 bridgehead atoms. The van der Waals surface area contributed by atoms with Gasteiger partial charge < -0.3 is 5.32 Å². The van der Waals surface area contributed by atoms with Crippen LogP contribution >= 0.6 is 0 Å². The summed E-state index contributed by atoms with van der Waals surface area (Å²) in [4.78, 5) is 0.397. The molecule has 118 valence electrons. The molecule has 5 heteroatoms. The average molecular weight is 310 g/mol. The van der Waals surface area contributed by atoms with Gasteiger partial charge in [-0.15, -0.1) is 0 Å². The highest BCUT2D eigenvalue weighted by atomic mass is 32.2. The fourth-order valence-electron chi connectivity index (χ4n) is 2.29. The number of aryl methyl sites for hydroxylation is 1. The normalized spacial score (nSPS) is 20.8. The molecule has 1 aliphatic carbocycles. The van der Waals surface area contributed by atoms with Crippen molar-refractivity contribution in [1.82, 2.24) is 10.0 Å². The fourth-order valence-corrected chi connectivity index (χ4v) is 3.99. The molecule has 0 heterocycles. The van der Waals surface area contributed by atoms with Crippen molar-refractivity contribution in [3.8, 4) is 0 Å². The smallest absolute Gasteiger partial charge is 0.241 e. The van der Waals surface area contributed by atoms with E-state index in [-0.39, 0.29) is 11.5 Å². The summed E-state index contributed by atoms with van der Waals surface area (Å²) in [6, 6.07) is 6.06. The summed E-state index contributed by atoms with van der Waals surface area (Å²) >= 11 is 0. The molecule has 0 saturated heterocycles. The van der Waals surface area contributed by atoms with Gasteiger partial charge in [-0.05, 0) is 36.0 Å². The Morgan fingerprint density at radius 3 is 2.48 bits per heavy atom. The van der Waals surface area contributed by atoms with Gasteiger partial charge in [-0.2, -0.15) is 0 Å². The Kier molecular flexibility index (Phi) is 4.47. The minimum Gasteiger partial charge on any atom is -0.310 e. The molecular weight excluding hydrogens is 284 g/mol. The molecule has 4 nitrogen and oxygen atoms in total. The Hall–Kier alpha value is -0.910. The van der Waals surface area contributed by atoms with Crippen LogP contribution in [0, 0.1) is 12.3 Å². The molecule has 21 heavy (non-hydrogen) atoms. The standard InChI is InChI=1S/C16H26N2O2S/c1-11(2)17-10-13-7-6-12(3)14(8-13)21(19,20)18-15-9-16(15,4)5/h6-8,11,15,17-18H,9-10H2,1-5H3. The highest BCUT2D eigenvalue weighted by molar-refractivity contribution is 7.89. The summed E-state index contributed by atoms with van der Waals surface area (Å²) in [5, 5.41) is 3.31. The molecule has 1 saturated carbocycles. The van der Waals surface area contributed by atoms with Gasteiger partial charge in [0.15, 0.2) is 0 Å². The number of benzene rings is 1. The lowest BCUT2D eigenvalue weighted by molar-refractivity contribution is 0.554. The quantitative estimate of drug-likeness (QED) is 0.849. The molecule has 1 atom stereocenters. The van der Waals surface area contributed by atoms with Crippen LogP contribution in [0.15, 0.2) is 23.1 Å². The Labute approximate surface area is 128 Å². The second-order valence-electron chi connectivity index (χ2n) is 7.00. The summed E-state index contributed by atoms with van der Waals surface area (Å²) in [5.74, 6) is 0. The van der Waals surface area contributed by atoms with Crippen molar-refractivity contribution in [2.24, 2.45) is 5.41 Å². The molecule has 2 rings (SSSR count). The maximum atomic E-state index is 12.6. The highest BCUT2D eigenvalue weighted by Gasteiger charge is 2.48. The third-order valence-electron chi connectivity index (χ3n) is 4.07. The van der Waals surface area contributed by atoms with Crippen LogP contribution in [-0.2, 0) is 16.6 Å². The van der Waals surface area contributed by atoms with Crippen molar-refractivity contribution in [1.29, 1.82) is 0 Å². The molecule has 1 unspecified atom stereocenters. The minimum atomic E-state index is -3.44. The number of hydrogen-bond acceptors (Lipinski definition) is 3. The molecule has 0 radical (unpaired) electrons. The van der Waals surface area contributed by atoms with Crippen molar-refractivity contribution in [2.75, 3.05) is 0 Å². The maximum Gasteiger partial charge on any atom is 0.241 e. The van der Waals surface area contributed by atoms with Crippen molar-refractivity contribution in [2.45, 2.75) is 64.6 Å². The summed E-state index contributed by atoms with van der Waals surface area (Å²) in [6.07, 6.45) is 0.903. The van der Waals surface area contributed by atoms with Crippen molar-refractivity contribution in [3.05, 3.63) is 29.3 Å². The second-order valence-corrected chi connectivity index (χ2v) is 8.68. The van der Waals surface area contributed by atoms with E-state index in [1.165, 1.54) is 0 Å². The first kappa shape index (κ1) is 16.5. The average Bonchev–Trinajstić information content (AvgIpc) is 2.93. The number of rotatable bonds is 6. The van der Waals surface area contributed by atoms with Crippen LogP contribution in [0.4, 0.5) is 0 Å². The first-order valence-electron chi connectivity index (χ1n) is 7.47. The van der Waals surface area contributed by atoms with E-state index in [0.717, 1.165) is 17.5 Å². The monoisotopic (exact) mass is 310 g/mol. The van der Waals surface area contributed by atoms with E-state index in [2.05, 4.69) is 37.7 Å². The lowest BCUT2D eigenvalue weighted by Gasteiger charge is -2.13. The zero-order valence-corrected chi connectivity index (χ0v) is 14.3. The molecule has 1 fully saturated rings. The zero-order valence-electron chi connectivity index (χ0n) is 13.5. The van der Waals surface area contributed by atoms with Crippen LogP contribution < -0.4 is 10.0 Å². The van der Waals surface area contributed by atoms with E-state index in [9.17, 15) is 8.42 Å². The third kappa shape index (κ3) is 4.05. The molecule has 1 aromatic rings. The van der Waals surface area contributed by atoms with E-state index in [1.54, 1.807) is 6.07 Å². The van der Waals surface area contributed by atoms with Gasteiger partial charge in [0.1, 0.15) is 0 Å². The van der Waals surface area contributed by atoms with Crippen molar-refractivity contribution >= 4 is 10.0 Å². The number of hydrogen-bond donors (Lipinski definition) is 2. The Morgan fingerprint density at radius 1 is 1.33 bits per heavy atom. The van der Waals surface area contributed by atoms with Crippen LogP contribution in [0.3, 0.4) is 0 Å². The van der Waals surface area contributed by atoms with Crippen LogP contribution in [0.2, 0.25) is 0 Å². The van der Waals surface area contributed by atoms with Gasteiger partial charge in [-0.25, -0.2) is 13.1 Å². The number of nitrogens with one attached hydrogen (secondary N) is 2. The van der Waals surface area contributed by atoms with E-state index in [4.69, 9.17) is 0 Å². The predicted molar refractivity (Wildman–Crippen MR) is 85.7 cm³/mol. The molecule has 0 aromatic heterocycles. The molecule has 2 N–H and O–H groups in total. The molecular formula is C16H26N2O2S. The molecule has 0 spiro atoms. The van der Waals surface area contributed by atoms with Crippen LogP contribution in [-0.4, -0.2) is 20.5 Å². The first-order valence-corrected chi connectivity index (χ1v) is 8.95. The van der Waals surface area contributed by atoms with Gasteiger partial charge in [-0.3, -0.25) is 0 Å². The first-order chi connectivity index (χ1) is 9.62. The van der Waals surface area contributed by atoms with Gasteiger partial charge >= 0.3 is 0 Å². The minimum absolute atomic E-state index is 0.0549. The molecule has 0 aliphatic heterocycles. The van der Waals surface area contributed by atoms with E-state index in [0.29, 0.717) is 17.5 Å². The highest BCUT2D eigenvalue weighted by Crippen LogP contribution is 2.45. The van der Waals surface area contributed by atoms with Crippen LogP contribution in [0.5, 0.6) is 0 Å². The maximum absolute atomic E-state index is 12.6. The van der Waals surface area contributed by atoms with E-state index < -0.39 is 10.0 Å². The summed E-state index contributed by atoms with van der Waals surface area (Å²) < 4.78 is 27.9. The Bertz CT molecular complexity index is 621. The topological polar surface area (TPSA) is 58.2 Å². The van der Waals surface area contributed by atoms with Gasteiger partial charge in [-0.1, -0.05) is 39.8 Å². The third-order valence-corrected chi connectivity index (χ3v) is 5.68. The fraction of sp³-hybridized carbons (Fsp3) is 0.625. The lowest BCUT2D eigenvalue weighted by Crippen LogP contribution is -2.29. The molecule has 0 amide bonds. The van der Waals surface area contributed by atoms with Gasteiger partial charge in [0.2, 0.25) is 10.0 Å². The van der Waals surface area contributed by atoms with Crippen molar-refractivity contribution < 1.29 is 8.42 Å². The SMILES string of the molecule is Cc1ccc(CNC(C)C)cc1S(=O)(=O)NC1CC1(C)C. The largest absolute Gasteiger partial charge is 0.310 e. The predicted octanol–water partition coefficient (Wildman–Crippen LogP) is 2.57. The Balaban J connectivity index is 2.19. The zero-order chi connectivity index (χ0) is 15.8. The second kappa shape index (κ2) is 5.71. The number of sulfonamides is 1. The van der Waals surface area contributed by atoms with Gasteiger partial charge in [0.05, 0.1) is 4.90 Å². The van der Waals surface area contributed by atoms with Gasteiger partial charge in [0, 0.05) is 18.6 Å². The molecule has 1 aromatic carbocycles. The van der Waals surface area contributed by atoms with Gasteiger partial charge in [0.25, 0.3) is 0 Å². The van der Waals surface area contributed by atoms with Crippen molar-refractivity contribution in [3.63, 3.8) is 0 Å². The summed E-state index contributed by atoms with van der Waals surface area (Å²) in [7, 11) is -3.44. The molecule has 1 aliphatic rings. The van der Waals surface area contributed by atoms with E-state index in [1.807, 2.05) is 19.1 Å². The summed E-state index contributed by atoms with van der Waals surface area (Å²) in [6.45, 7) is 10.8. The Morgan fingerprint density at radius 2 is 1.95 bits per heavy atom. The lowest BCUT2D eigenvalue weighted by atomic mass is 10.1. The van der Waals surface area contributed by atoms with E-state index >= 15 is 0 Å². The van der Waals surface area contributed by atoms with Crippen LogP contribution in [0.25, 0.3) is 0 Å². The van der Waals surface area contributed by atoms with Crippen LogP contribution in [0.1, 0.15) is 45.2 Å². The summed E-state index contributed by atoms with van der Waals surface area (Å²) in [5.41, 5.74) is 1.86.